The Labute approximate surface area is 144 Å². The van der Waals surface area contributed by atoms with E-state index in [9.17, 15) is 22.0 Å². The van der Waals surface area contributed by atoms with Crippen molar-refractivity contribution in [3.63, 3.8) is 0 Å². The van der Waals surface area contributed by atoms with E-state index < -0.39 is 23.4 Å². The molecule has 0 amide bonds. The third-order valence-corrected chi connectivity index (χ3v) is 5.84. The lowest BCUT2D eigenvalue weighted by Gasteiger charge is -2.13. The Morgan fingerprint density at radius 3 is 2.16 bits per heavy atom. The Balaban J connectivity index is 1.97. The summed E-state index contributed by atoms with van der Waals surface area (Å²) in [6, 6.07) is 5.27. The lowest BCUT2D eigenvalue weighted by molar-refractivity contribution is -0.139. The molecule has 0 fully saturated rings. The average molecular weight is 368 g/mol. The monoisotopic (exact) mass is 368 g/mol. The molecule has 0 saturated carbocycles. The maximum absolute atomic E-state index is 15.0. The quantitative estimate of drug-likeness (QED) is 0.395. The predicted octanol–water partition coefficient (Wildman–Crippen LogP) is 7.31. The van der Waals surface area contributed by atoms with E-state index in [1.165, 1.54) is 6.07 Å². The van der Waals surface area contributed by atoms with E-state index in [-0.39, 0.29) is 9.40 Å². The van der Waals surface area contributed by atoms with Crippen molar-refractivity contribution in [2.45, 2.75) is 31.9 Å². The van der Waals surface area contributed by atoms with Crippen LogP contribution < -0.4 is 0 Å². The van der Waals surface area contributed by atoms with Gasteiger partial charge in [0.05, 0.1) is 15.0 Å². The maximum atomic E-state index is 15.0. The first-order valence-electron chi connectivity index (χ1n) is 7.98. The van der Waals surface area contributed by atoms with Crippen molar-refractivity contribution in [1.82, 2.24) is 0 Å². The van der Waals surface area contributed by atoms with Crippen molar-refractivity contribution < 1.29 is 22.0 Å². The van der Waals surface area contributed by atoms with E-state index in [4.69, 9.17) is 0 Å². The highest BCUT2D eigenvalue weighted by atomic mass is 32.1. The van der Waals surface area contributed by atoms with Gasteiger partial charge in [-0.2, -0.15) is 13.2 Å². The molecule has 0 unspecified atom stereocenters. The fourth-order valence-corrected chi connectivity index (χ4v) is 4.57. The van der Waals surface area contributed by atoms with E-state index in [0.717, 1.165) is 48.7 Å². The second-order valence-electron chi connectivity index (χ2n) is 6.18. The molecule has 6 heteroatoms. The molecule has 2 aromatic carbocycles. The Morgan fingerprint density at radius 1 is 0.840 bits per heavy atom. The maximum Gasteiger partial charge on any atom is 0.419 e. The lowest BCUT2D eigenvalue weighted by Crippen LogP contribution is -2.07. The summed E-state index contributed by atoms with van der Waals surface area (Å²) in [5.41, 5.74) is 0.0666. The Kier molecular flexibility index (Phi) is 3.83. The van der Waals surface area contributed by atoms with Crippen LogP contribution in [0.5, 0.6) is 0 Å². The summed E-state index contributed by atoms with van der Waals surface area (Å²) in [4.78, 5) is 0. The van der Waals surface area contributed by atoms with Crippen LogP contribution in [0, 0.1) is 11.6 Å². The van der Waals surface area contributed by atoms with Crippen molar-refractivity contribution in [2.24, 2.45) is 0 Å². The lowest BCUT2D eigenvalue weighted by atomic mass is 9.93. The standard InChI is InChI=1S/C19H13F5S/c20-15-11(10-4-2-1-3-5-10)6-7-12-13-8-9-14(19(22,23)24)16(21)18(13)25-17(12)15/h4,6-9H,1-3,5H2. The third-order valence-electron chi connectivity index (χ3n) is 4.63. The molecule has 3 aromatic rings. The van der Waals surface area contributed by atoms with Crippen molar-refractivity contribution in [3.8, 4) is 0 Å². The van der Waals surface area contributed by atoms with Crippen LogP contribution in [0.15, 0.2) is 30.3 Å². The van der Waals surface area contributed by atoms with Gasteiger partial charge < -0.3 is 0 Å². The highest BCUT2D eigenvalue weighted by Crippen LogP contribution is 2.43. The molecule has 0 aliphatic heterocycles. The zero-order valence-electron chi connectivity index (χ0n) is 13.0. The summed E-state index contributed by atoms with van der Waals surface area (Å²) < 4.78 is 68.1. The van der Waals surface area contributed by atoms with Gasteiger partial charge in [-0.25, -0.2) is 8.78 Å². The van der Waals surface area contributed by atoms with Gasteiger partial charge >= 0.3 is 6.18 Å². The predicted molar refractivity (Wildman–Crippen MR) is 90.7 cm³/mol. The number of alkyl halides is 3. The smallest absolute Gasteiger partial charge is 0.205 e. The molecule has 130 valence electrons. The van der Waals surface area contributed by atoms with Crippen LogP contribution in [0.1, 0.15) is 36.8 Å². The van der Waals surface area contributed by atoms with E-state index in [2.05, 4.69) is 0 Å². The van der Waals surface area contributed by atoms with Crippen LogP contribution in [0.4, 0.5) is 22.0 Å². The molecular formula is C19H13F5S. The molecule has 0 atom stereocenters. The van der Waals surface area contributed by atoms with Crippen LogP contribution in [-0.2, 0) is 6.18 Å². The van der Waals surface area contributed by atoms with Crippen LogP contribution >= 0.6 is 11.3 Å². The summed E-state index contributed by atoms with van der Waals surface area (Å²) in [7, 11) is 0. The second-order valence-corrected chi connectivity index (χ2v) is 7.20. The Bertz CT molecular complexity index is 1010. The summed E-state index contributed by atoms with van der Waals surface area (Å²) in [6.45, 7) is 0. The van der Waals surface area contributed by atoms with Gasteiger partial charge in [-0.15, -0.1) is 11.3 Å². The first kappa shape index (κ1) is 16.5. The van der Waals surface area contributed by atoms with Gasteiger partial charge in [-0.3, -0.25) is 0 Å². The van der Waals surface area contributed by atoms with E-state index in [1.807, 2.05) is 6.08 Å². The summed E-state index contributed by atoms with van der Waals surface area (Å²) >= 11 is 0.746. The minimum atomic E-state index is -4.77. The van der Waals surface area contributed by atoms with Gasteiger partial charge in [0.2, 0.25) is 0 Å². The molecule has 0 N–H and O–H groups in total. The molecule has 1 aliphatic rings. The fraction of sp³-hybridized carbons (Fsp3) is 0.263. The molecular weight excluding hydrogens is 355 g/mol. The minimum absolute atomic E-state index is 0.154. The largest absolute Gasteiger partial charge is 0.419 e. The molecule has 0 radical (unpaired) electrons. The average Bonchev–Trinajstić information content (AvgIpc) is 2.96. The number of rotatable bonds is 1. The fourth-order valence-electron chi connectivity index (χ4n) is 3.39. The van der Waals surface area contributed by atoms with Crippen LogP contribution in [0.3, 0.4) is 0 Å². The third kappa shape index (κ3) is 2.63. The zero-order chi connectivity index (χ0) is 17.8. The van der Waals surface area contributed by atoms with E-state index in [1.54, 1.807) is 12.1 Å². The second kappa shape index (κ2) is 5.80. The first-order chi connectivity index (χ1) is 11.9. The minimum Gasteiger partial charge on any atom is -0.205 e. The molecule has 25 heavy (non-hydrogen) atoms. The molecule has 1 heterocycles. The number of fused-ring (bicyclic) bond motifs is 3. The summed E-state index contributed by atoms with van der Waals surface area (Å²) in [6.07, 6.45) is 0.956. The van der Waals surface area contributed by atoms with E-state index >= 15 is 0 Å². The number of allylic oxidation sites excluding steroid dienone is 2. The molecule has 1 aromatic heterocycles. The number of thiophene rings is 1. The molecule has 1 aliphatic carbocycles. The van der Waals surface area contributed by atoms with Gasteiger partial charge in [-0.05, 0) is 37.3 Å². The molecule has 0 saturated heterocycles. The number of hydrogen-bond acceptors (Lipinski definition) is 1. The molecule has 4 rings (SSSR count). The van der Waals surface area contributed by atoms with Crippen LogP contribution in [-0.4, -0.2) is 0 Å². The van der Waals surface area contributed by atoms with Gasteiger partial charge in [0.25, 0.3) is 0 Å². The van der Waals surface area contributed by atoms with Crippen LogP contribution in [0.25, 0.3) is 25.7 Å². The van der Waals surface area contributed by atoms with Crippen molar-refractivity contribution in [1.29, 1.82) is 0 Å². The number of hydrogen-bond donors (Lipinski definition) is 0. The Morgan fingerprint density at radius 2 is 1.52 bits per heavy atom. The highest BCUT2D eigenvalue weighted by Gasteiger charge is 2.35. The molecule has 0 bridgehead atoms. The number of halogens is 5. The van der Waals surface area contributed by atoms with E-state index in [0.29, 0.717) is 16.3 Å². The molecule has 0 nitrogen and oxygen atoms in total. The van der Waals surface area contributed by atoms with Crippen molar-refractivity contribution in [2.75, 3.05) is 0 Å². The Hall–Kier alpha value is -1.95. The SMILES string of the molecule is Fc1c(C2=CCCCC2)ccc2c1sc1c(F)c(C(F)(F)F)ccc12. The summed E-state index contributed by atoms with van der Waals surface area (Å²) in [5, 5.41) is 0.763. The molecule has 0 spiro atoms. The van der Waals surface area contributed by atoms with Crippen molar-refractivity contribution in [3.05, 3.63) is 53.1 Å². The van der Waals surface area contributed by atoms with Gasteiger partial charge in [-0.1, -0.05) is 24.3 Å². The van der Waals surface area contributed by atoms with Gasteiger partial charge in [0, 0.05) is 16.3 Å². The topological polar surface area (TPSA) is 0 Å². The zero-order valence-corrected chi connectivity index (χ0v) is 13.8. The van der Waals surface area contributed by atoms with Crippen LogP contribution in [0.2, 0.25) is 0 Å². The first-order valence-corrected chi connectivity index (χ1v) is 8.79. The highest BCUT2D eigenvalue weighted by molar-refractivity contribution is 7.25. The van der Waals surface area contributed by atoms with Gasteiger partial charge in [0.15, 0.2) is 5.82 Å². The number of benzene rings is 2. The summed E-state index contributed by atoms with van der Waals surface area (Å²) in [5.74, 6) is -1.80. The van der Waals surface area contributed by atoms with Gasteiger partial charge in [0.1, 0.15) is 5.82 Å². The van der Waals surface area contributed by atoms with Crippen molar-refractivity contribution >= 4 is 37.1 Å². The normalized spacial score (nSPS) is 15.8.